The smallest absolute Gasteiger partial charge is 0.327 e. The molecule has 1 atom stereocenters. The van der Waals surface area contributed by atoms with Crippen LogP contribution in [0.3, 0.4) is 0 Å². The summed E-state index contributed by atoms with van der Waals surface area (Å²) in [5.74, 6) is -0.866. The van der Waals surface area contributed by atoms with E-state index in [1.807, 2.05) is 0 Å². The van der Waals surface area contributed by atoms with Gasteiger partial charge in [-0.25, -0.2) is 4.79 Å². The predicted molar refractivity (Wildman–Crippen MR) is 61.5 cm³/mol. The minimum atomic E-state index is -0.977. The molecule has 1 amide bonds. The molecule has 16 heavy (non-hydrogen) atoms. The Morgan fingerprint density at radius 1 is 1.50 bits per heavy atom. The van der Waals surface area contributed by atoms with Crippen LogP contribution in [0.25, 0.3) is 0 Å². The normalized spacial score (nSPS) is 19.1. The Kier molecular flexibility index (Phi) is 5.62. The van der Waals surface area contributed by atoms with Crippen molar-refractivity contribution >= 4 is 23.6 Å². The Labute approximate surface area is 98.9 Å². The van der Waals surface area contributed by atoms with Crippen molar-refractivity contribution < 1.29 is 19.4 Å². The molecule has 0 bridgehead atoms. The first kappa shape index (κ1) is 13.3. The van der Waals surface area contributed by atoms with Gasteiger partial charge in [-0.2, -0.15) is 11.8 Å². The quantitative estimate of drug-likeness (QED) is 0.739. The summed E-state index contributed by atoms with van der Waals surface area (Å²) in [5, 5.41) is 11.8. The number of aliphatic carboxylic acids is 1. The van der Waals surface area contributed by atoms with Crippen molar-refractivity contribution in [2.75, 3.05) is 19.0 Å². The summed E-state index contributed by atoms with van der Waals surface area (Å²) in [6.45, 7) is 2.82. The highest BCUT2D eigenvalue weighted by Crippen LogP contribution is 2.22. The van der Waals surface area contributed by atoms with Gasteiger partial charge in [0.15, 0.2) is 0 Å². The number of ether oxygens (including phenoxy) is 1. The van der Waals surface area contributed by atoms with E-state index in [1.165, 1.54) is 6.92 Å². The maximum atomic E-state index is 10.9. The van der Waals surface area contributed by atoms with Crippen molar-refractivity contribution in [2.45, 2.75) is 31.1 Å². The Morgan fingerprint density at radius 2 is 2.12 bits per heavy atom. The zero-order valence-electron chi connectivity index (χ0n) is 9.27. The van der Waals surface area contributed by atoms with Crippen LogP contribution in [0.15, 0.2) is 0 Å². The molecule has 0 aliphatic carbocycles. The molecular formula is C10H17NO4S. The number of hydrogen-bond donors (Lipinski definition) is 2. The van der Waals surface area contributed by atoms with E-state index in [0.717, 1.165) is 26.1 Å². The standard InChI is InChI=1S/C10H17NO4S/c1-7(12)11-9(10(13)14)6-16-8-2-4-15-5-3-8/h8-9H,2-6H2,1H3,(H,11,12)(H,13,14)/t9-/m0/s1. The van der Waals surface area contributed by atoms with E-state index in [-0.39, 0.29) is 5.91 Å². The SMILES string of the molecule is CC(=O)N[C@@H](CSC1CCOCC1)C(=O)O. The molecule has 0 radical (unpaired) electrons. The molecule has 92 valence electrons. The molecule has 1 fully saturated rings. The first-order valence-corrected chi connectivity index (χ1v) is 6.33. The Bertz CT molecular complexity index is 253. The molecule has 0 spiro atoms. The van der Waals surface area contributed by atoms with Gasteiger partial charge in [0.05, 0.1) is 0 Å². The van der Waals surface area contributed by atoms with Gasteiger partial charge in [0.2, 0.25) is 5.91 Å². The van der Waals surface area contributed by atoms with Gasteiger partial charge in [0.1, 0.15) is 6.04 Å². The minimum Gasteiger partial charge on any atom is -0.480 e. The zero-order chi connectivity index (χ0) is 12.0. The van der Waals surface area contributed by atoms with Crippen LogP contribution in [0.1, 0.15) is 19.8 Å². The van der Waals surface area contributed by atoms with E-state index in [9.17, 15) is 9.59 Å². The second-order valence-corrected chi connectivity index (χ2v) is 5.07. The molecule has 0 aromatic heterocycles. The number of carbonyl (C=O) groups is 2. The number of carbonyl (C=O) groups excluding carboxylic acids is 1. The van der Waals surface area contributed by atoms with Gasteiger partial charge in [-0.3, -0.25) is 4.79 Å². The van der Waals surface area contributed by atoms with Crippen molar-refractivity contribution in [1.29, 1.82) is 0 Å². The van der Waals surface area contributed by atoms with Gasteiger partial charge in [-0.05, 0) is 12.8 Å². The van der Waals surface area contributed by atoms with Crippen LogP contribution in [0.5, 0.6) is 0 Å². The Hall–Kier alpha value is -0.750. The average Bonchev–Trinajstić information content (AvgIpc) is 2.25. The fraction of sp³-hybridized carbons (Fsp3) is 0.800. The Balaban J connectivity index is 2.30. The van der Waals surface area contributed by atoms with Crippen LogP contribution in [-0.2, 0) is 14.3 Å². The maximum absolute atomic E-state index is 10.9. The van der Waals surface area contributed by atoms with E-state index in [0.29, 0.717) is 11.0 Å². The molecule has 1 rings (SSSR count). The highest BCUT2D eigenvalue weighted by molar-refractivity contribution is 7.99. The van der Waals surface area contributed by atoms with E-state index < -0.39 is 12.0 Å². The second kappa shape index (κ2) is 6.75. The summed E-state index contributed by atoms with van der Waals surface area (Å²) >= 11 is 1.60. The molecular weight excluding hydrogens is 230 g/mol. The third-order valence-electron chi connectivity index (χ3n) is 2.34. The third kappa shape index (κ3) is 4.85. The fourth-order valence-electron chi connectivity index (χ4n) is 1.49. The highest BCUT2D eigenvalue weighted by Gasteiger charge is 2.21. The first-order chi connectivity index (χ1) is 7.59. The van der Waals surface area contributed by atoms with Crippen LogP contribution in [0.2, 0.25) is 0 Å². The lowest BCUT2D eigenvalue weighted by Crippen LogP contribution is -2.42. The topological polar surface area (TPSA) is 75.6 Å². The monoisotopic (exact) mass is 247 g/mol. The lowest BCUT2D eigenvalue weighted by Gasteiger charge is -2.23. The van der Waals surface area contributed by atoms with Crippen LogP contribution >= 0.6 is 11.8 Å². The molecule has 2 N–H and O–H groups in total. The molecule has 0 aromatic rings. The second-order valence-electron chi connectivity index (χ2n) is 3.74. The van der Waals surface area contributed by atoms with E-state index in [2.05, 4.69) is 5.32 Å². The molecule has 5 nitrogen and oxygen atoms in total. The van der Waals surface area contributed by atoms with Crippen LogP contribution in [-0.4, -0.2) is 47.2 Å². The third-order valence-corrected chi connectivity index (χ3v) is 3.81. The van der Waals surface area contributed by atoms with Crippen molar-refractivity contribution in [2.24, 2.45) is 0 Å². The van der Waals surface area contributed by atoms with E-state index in [4.69, 9.17) is 9.84 Å². The highest BCUT2D eigenvalue weighted by atomic mass is 32.2. The lowest BCUT2D eigenvalue weighted by molar-refractivity contribution is -0.140. The summed E-state index contributed by atoms with van der Waals surface area (Å²) in [5.41, 5.74) is 0. The number of amides is 1. The molecule has 0 aromatic carbocycles. The molecule has 0 unspecified atom stereocenters. The van der Waals surface area contributed by atoms with Gasteiger partial charge in [0, 0.05) is 31.1 Å². The van der Waals surface area contributed by atoms with Crippen molar-refractivity contribution in [3.8, 4) is 0 Å². The van der Waals surface area contributed by atoms with Crippen molar-refractivity contribution in [1.82, 2.24) is 5.32 Å². The minimum absolute atomic E-state index is 0.306. The van der Waals surface area contributed by atoms with Crippen molar-refractivity contribution in [3.63, 3.8) is 0 Å². The predicted octanol–water partition coefficient (Wildman–Crippen LogP) is 0.488. The summed E-state index contributed by atoms with van der Waals surface area (Å²) in [4.78, 5) is 21.7. The zero-order valence-corrected chi connectivity index (χ0v) is 10.1. The average molecular weight is 247 g/mol. The van der Waals surface area contributed by atoms with Gasteiger partial charge < -0.3 is 15.2 Å². The number of thioether (sulfide) groups is 1. The lowest BCUT2D eigenvalue weighted by atomic mass is 10.2. The van der Waals surface area contributed by atoms with E-state index >= 15 is 0 Å². The number of hydrogen-bond acceptors (Lipinski definition) is 4. The molecule has 1 saturated heterocycles. The number of rotatable bonds is 5. The number of nitrogens with one attached hydrogen (secondary N) is 1. The molecule has 1 heterocycles. The maximum Gasteiger partial charge on any atom is 0.327 e. The largest absolute Gasteiger partial charge is 0.480 e. The molecule has 1 aliphatic rings. The Morgan fingerprint density at radius 3 is 2.62 bits per heavy atom. The number of carboxylic acids is 1. The molecule has 6 heteroatoms. The van der Waals surface area contributed by atoms with Gasteiger partial charge in [0.25, 0.3) is 0 Å². The molecule has 1 aliphatic heterocycles. The van der Waals surface area contributed by atoms with Crippen molar-refractivity contribution in [3.05, 3.63) is 0 Å². The van der Waals surface area contributed by atoms with E-state index in [1.54, 1.807) is 11.8 Å². The van der Waals surface area contributed by atoms with Gasteiger partial charge in [-0.15, -0.1) is 0 Å². The number of carboxylic acid groups (broad SMARTS) is 1. The van der Waals surface area contributed by atoms with Crippen LogP contribution in [0, 0.1) is 0 Å². The fourth-order valence-corrected chi connectivity index (χ4v) is 2.71. The summed E-state index contributed by atoms with van der Waals surface area (Å²) in [6, 6.07) is -0.787. The molecule has 0 saturated carbocycles. The van der Waals surface area contributed by atoms with Gasteiger partial charge in [-0.1, -0.05) is 0 Å². The summed E-state index contributed by atoms with van der Waals surface area (Å²) in [7, 11) is 0. The summed E-state index contributed by atoms with van der Waals surface area (Å²) < 4.78 is 5.22. The summed E-state index contributed by atoms with van der Waals surface area (Å²) in [6.07, 6.45) is 1.91. The van der Waals surface area contributed by atoms with Crippen LogP contribution in [0.4, 0.5) is 0 Å². The van der Waals surface area contributed by atoms with Crippen LogP contribution < -0.4 is 5.32 Å². The first-order valence-electron chi connectivity index (χ1n) is 5.29. The van der Waals surface area contributed by atoms with Gasteiger partial charge >= 0.3 is 5.97 Å².